The van der Waals surface area contributed by atoms with Crippen molar-refractivity contribution in [2.45, 2.75) is 76.1 Å². The Morgan fingerprint density at radius 2 is 1.90 bits per heavy atom. The van der Waals surface area contributed by atoms with Crippen LogP contribution in [-0.4, -0.2) is 40.3 Å². The third-order valence-electron chi connectivity index (χ3n) is 7.96. The van der Waals surface area contributed by atoms with E-state index in [4.69, 9.17) is 10.5 Å². The first-order chi connectivity index (χ1) is 18.4. The first kappa shape index (κ1) is 26.8. The maximum absolute atomic E-state index is 13.9. The van der Waals surface area contributed by atoms with Crippen molar-refractivity contribution in [3.63, 3.8) is 0 Å². The zero-order valence-corrected chi connectivity index (χ0v) is 22.3. The second kappa shape index (κ2) is 9.75. The number of carbonyl (C=O) groups excluding carboxylic acids is 4. The van der Waals surface area contributed by atoms with Gasteiger partial charge >= 0.3 is 6.09 Å². The van der Waals surface area contributed by atoms with Gasteiger partial charge in [-0.3, -0.25) is 19.7 Å². The second-order valence-electron chi connectivity index (χ2n) is 11.5. The zero-order valence-electron chi connectivity index (χ0n) is 22.3. The van der Waals surface area contributed by atoms with E-state index in [1.54, 1.807) is 44.2 Å². The summed E-state index contributed by atoms with van der Waals surface area (Å²) in [5, 5.41) is 5.01. The van der Waals surface area contributed by atoms with Gasteiger partial charge in [-0.15, -0.1) is 0 Å². The molecule has 0 radical (unpaired) electrons. The molecule has 1 saturated carbocycles. The predicted molar refractivity (Wildman–Crippen MR) is 141 cm³/mol. The van der Waals surface area contributed by atoms with Gasteiger partial charge < -0.3 is 20.7 Å². The number of fused-ring (bicyclic) bond motifs is 2. The molecule has 4 amide bonds. The van der Waals surface area contributed by atoms with E-state index < -0.39 is 35.0 Å². The smallest absolute Gasteiger partial charge is 0.415 e. The third-order valence-corrected chi connectivity index (χ3v) is 7.96. The molecule has 2 fully saturated rings. The summed E-state index contributed by atoms with van der Waals surface area (Å²) < 4.78 is 19.0. The summed E-state index contributed by atoms with van der Waals surface area (Å²) in [6.07, 6.45) is 1.42. The maximum atomic E-state index is 13.9. The van der Waals surface area contributed by atoms with Crippen molar-refractivity contribution < 1.29 is 28.3 Å². The van der Waals surface area contributed by atoms with E-state index >= 15 is 0 Å². The summed E-state index contributed by atoms with van der Waals surface area (Å²) >= 11 is 0. The Kier molecular flexibility index (Phi) is 6.70. The van der Waals surface area contributed by atoms with Crippen molar-refractivity contribution in [1.82, 2.24) is 10.2 Å². The number of imide groups is 1. The van der Waals surface area contributed by atoms with E-state index in [1.807, 2.05) is 11.8 Å². The van der Waals surface area contributed by atoms with Crippen molar-refractivity contribution in [3.05, 3.63) is 65.0 Å². The van der Waals surface area contributed by atoms with E-state index in [0.717, 1.165) is 18.4 Å². The molecule has 206 valence electrons. The molecule has 3 atom stereocenters. The zero-order chi connectivity index (χ0) is 28.1. The molecule has 0 bridgehead atoms. The minimum Gasteiger partial charge on any atom is -0.427 e. The highest BCUT2D eigenvalue weighted by molar-refractivity contribution is 6.04. The number of nitrogens with one attached hydrogen (secondary N) is 2. The maximum Gasteiger partial charge on any atom is 0.415 e. The Labute approximate surface area is 226 Å². The van der Waals surface area contributed by atoms with Crippen LogP contribution in [0.3, 0.4) is 0 Å². The van der Waals surface area contributed by atoms with Crippen LogP contribution in [0.15, 0.2) is 42.5 Å². The molecule has 5 rings (SSSR count). The SMILES string of the molecule is CC(C1CC1)N(Cc1ccc(F)cc1)C(=O)CC1CC2(OC(=O)NC2=O)c2ccc(NC(=O)C(C)(C)N)cc21. The van der Waals surface area contributed by atoms with Crippen LogP contribution in [-0.2, 0) is 31.3 Å². The summed E-state index contributed by atoms with van der Waals surface area (Å²) in [4.78, 5) is 53.2. The van der Waals surface area contributed by atoms with E-state index in [-0.39, 0.29) is 30.6 Å². The summed E-state index contributed by atoms with van der Waals surface area (Å²) in [5.41, 5.74) is 5.72. The molecular weight excluding hydrogens is 503 g/mol. The van der Waals surface area contributed by atoms with Crippen molar-refractivity contribution in [2.75, 3.05) is 5.32 Å². The number of halogens is 1. The Morgan fingerprint density at radius 1 is 1.21 bits per heavy atom. The molecule has 0 aromatic heterocycles. The number of benzene rings is 2. The molecule has 4 N–H and O–H groups in total. The van der Waals surface area contributed by atoms with Crippen molar-refractivity contribution >= 4 is 29.5 Å². The standard InChI is InChI=1S/C29H33FN4O5/c1-16(18-6-7-18)34(15-17-4-8-20(30)9-5-17)24(35)12-19-14-29(26(37)33-27(38)39-29)23-11-10-21(13-22(19)23)32-25(36)28(2,3)31/h4-5,8-11,13,16,18-19H,6-7,12,14-15,31H2,1-3H3,(H,32,36)(H,33,37,38). The summed E-state index contributed by atoms with van der Waals surface area (Å²) in [6, 6.07) is 11.1. The minimum atomic E-state index is -1.53. The first-order valence-corrected chi connectivity index (χ1v) is 13.2. The molecule has 39 heavy (non-hydrogen) atoms. The van der Waals surface area contributed by atoms with Gasteiger partial charge in [0.2, 0.25) is 17.4 Å². The molecule has 9 nitrogen and oxygen atoms in total. The van der Waals surface area contributed by atoms with Gasteiger partial charge in [-0.2, -0.15) is 0 Å². The lowest BCUT2D eigenvalue weighted by Gasteiger charge is -2.31. The summed E-state index contributed by atoms with van der Waals surface area (Å²) in [6.45, 7) is 5.53. The normalized spacial score (nSPS) is 22.7. The topological polar surface area (TPSA) is 131 Å². The van der Waals surface area contributed by atoms with Crippen LogP contribution < -0.4 is 16.4 Å². The molecule has 1 heterocycles. The van der Waals surface area contributed by atoms with Gasteiger partial charge in [-0.25, -0.2) is 9.18 Å². The highest BCUT2D eigenvalue weighted by Gasteiger charge is 2.57. The highest BCUT2D eigenvalue weighted by Crippen LogP contribution is 2.51. The van der Waals surface area contributed by atoms with Gasteiger partial charge in [0, 0.05) is 36.7 Å². The number of anilines is 1. The van der Waals surface area contributed by atoms with Crippen LogP contribution >= 0.6 is 0 Å². The number of amides is 4. The molecule has 3 unspecified atom stereocenters. The third kappa shape index (κ3) is 5.25. The predicted octanol–water partition coefficient (Wildman–Crippen LogP) is 3.67. The largest absolute Gasteiger partial charge is 0.427 e. The van der Waals surface area contributed by atoms with Crippen LogP contribution in [0.1, 0.15) is 69.1 Å². The van der Waals surface area contributed by atoms with Crippen LogP contribution in [0, 0.1) is 11.7 Å². The van der Waals surface area contributed by atoms with Gasteiger partial charge in [-0.1, -0.05) is 18.2 Å². The van der Waals surface area contributed by atoms with E-state index in [1.165, 1.54) is 12.1 Å². The Hall–Kier alpha value is -3.79. The molecule has 1 aliphatic heterocycles. The summed E-state index contributed by atoms with van der Waals surface area (Å²) in [7, 11) is 0. The van der Waals surface area contributed by atoms with E-state index in [2.05, 4.69) is 10.6 Å². The molecule has 3 aliphatic rings. The Morgan fingerprint density at radius 3 is 2.49 bits per heavy atom. The molecule has 2 aromatic rings. The number of hydrogen-bond donors (Lipinski definition) is 3. The van der Waals surface area contributed by atoms with E-state index in [9.17, 15) is 23.6 Å². The van der Waals surface area contributed by atoms with Crippen molar-refractivity contribution in [3.8, 4) is 0 Å². The first-order valence-electron chi connectivity index (χ1n) is 13.2. The molecule has 1 saturated heterocycles. The monoisotopic (exact) mass is 536 g/mol. The van der Waals surface area contributed by atoms with Crippen LogP contribution in [0.25, 0.3) is 0 Å². The van der Waals surface area contributed by atoms with E-state index in [0.29, 0.717) is 29.3 Å². The molecule has 2 aromatic carbocycles. The number of carbonyl (C=O) groups is 4. The number of hydrogen-bond acceptors (Lipinski definition) is 6. The lowest BCUT2D eigenvalue weighted by molar-refractivity contribution is -0.136. The summed E-state index contributed by atoms with van der Waals surface area (Å²) in [5.74, 6) is -1.47. The van der Waals surface area contributed by atoms with Crippen molar-refractivity contribution in [1.29, 1.82) is 0 Å². The molecular formula is C29H33FN4O5. The second-order valence-corrected chi connectivity index (χ2v) is 11.5. The van der Waals surface area contributed by atoms with Gasteiger partial charge in [0.05, 0.1) is 5.54 Å². The highest BCUT2D eigenvalue weighted by atomic mass is 19.1. The molecule has 2 aliphatic carbocycles. The number of nitrogens with zero attached hydrogens (tertiary/aromatic N) is 1. The Balaban J connectivity index is 1.45. The molecule has 1 spiro atoms. The van der Waals surface area contributed by atoms with Crippen LogP contribution in [0.5, 0.6) is 0 Å². The van der Waals surface area contributed by atoms with Crippen LogP contribution in [0.4, 0.5) is 14.9 Å². The fourth-order valence-electron chi connectivity index (χ4n) is 5.53. The molecule has 10 heteroatoms. The average Bonchev–Trinajstić information content (AvgIpc) is 3.62. The number of nitrogens with two attached hydrogens (primary N) is 1. The lowest BCUT2D eigenvalue weighted by atomic mass is 9.93. The van der Waals surface area contributed by atoms with Crippen LogP contribution in [0.2, 0.25) is 0 Å². The fourth-order valence-corrected chi connectivity index (χ4v) is 5.53. The quantitative estimate of drug-likeness (QED) is 0.472. The fraction of sp³-hybridized carbons (Fsp3) is 0.448. The van der Waals surface area contributed by atoms with Gasteiger partial charge in [0.1, 0.15) is 5.82 Å². The minimum absolute atomic E-state index is 0.0117. The Bertz CT molecular complexity index is 1330. The van der Waals surface area contributed by atoms with Gasteiger partial charge in [0.25, 0.3) is 5.91 Å². The van der Waals surface area contributed by atoms with Crippen molar-refractivity contribution in [2.24, 2.45) is 11.7 Å². The average molecular weight is 537 g/mol. The van der Waals surface area contributed by atoms with Gasteiger partial charge in [0.15, 0.2) is 0 Å². The van der Waals surface area contributed by atoms with Gasteiger partial charge in [-0.05, 0) is 80.8 Å². The number of ether oxygens (including phenoxy) is 1. The lowest BCUT2D eigenvalue weighted by Crippen LogP contribution is -2.45. The number of alkyl carbamates (subject to hydrolysis) is 1. The number of rotatable bonds is 8.